The van der Waals surface area contributed by atoms with Crippen molar-refractivity contribution in [1.82, 2.24) is 0 Å². The third-order valence-electron chi connectivity index (χ3n) is 4.72. The van der Waals surface area contributed by atoms with Crippen LogP contribution in [0.1, 0.15) is 33.6 Å². The molecule has 2 rings (SSSR count). The number of nitrogens with two attached hydrogens (primary N) is 1. The number of rotatable bonds is 6. The molecule has 0 aromatic carbocycles. The van der Waals surface area contributed by atoms with Crippen molar-refractivity contribution in [1.29, 1.82) is 0 Å². The van der Waals surface area contributed by atoms with E-state index >= 15 is 0 Å². The largest absolute Gasteiger partial charge is 0.394 e. The number of hydrogen-bond acceptors (Lipinski definition) is 8. The second-order valence-corrected chi connectivity index (χ2v) is 7.16. The maximum absolute atomic E-state index is 10.0. The van der Waals surface area contributed by atoms with E-state index in [1.807, 2.05) is 20.8 Å². The summed E-state index contributed by atoms with van der Waals surface area (Å²) in [5, 5.41) is 38.8. The van der Waals surface area contributed by atoms with Gasteiger partial charge in [-0.2, -0.15) is 0 Å². The molecular formula is C17H31NO7. The Bertz CT molecular complexity index is 456. The van der Waals surface area contributed by atoms with Crippen molar-refractivity contribution >= 4 is 0 Å². The van der Waals surface area contributed by atoms with E-state index in [0.717, 1.165) is 6.42 Å². The van der Waals surface area contributed by atoms with Gasteiger partial charge in [0.1, 0.15) is 30.5 Å². The third kappa shape index (κ3) is 4.78. The smallest absolute Gasteiger partial charge is 0.163 e. The zero-order valence-electron chi connectivity index (χ0n) is 15.0. The monoisotopic (exact) mass is 361 g/mol. The van der Waals surface area contributed by atoms with E-state index in [2.05, 4.69) is 0 Å². The second kappa shape index (κ2) is 8.41. The Labute approximate surface area is 148 Å². The van der Waals surface area contributed by atoms with E-state index in [9.17, 15) is 20.4 Å². The summed E-state index contributed by atoms with van der Waals surface area (Å²) in [5.74, 6) is -0.673. The molecule has 0 saturated carbocycles. The third-order valence-corrected chi connectivity index (χ3v) is 4.72. The molecule has 0 radical (unpaired) electrons. The van der Waals surface area contributed by atoms with Gasteiger partial charge in [0.2, 0.25) is 0 Å². The average molecular weight is 361 g/mol. The van der Waals surface area contributed by atoms with Crippen LogP contribution in [0, 0.1) is 0 Å². The second-order valence-electron chi connectivity index (χ2n) is 7.16. The summed E-state index contributed by atoms with van der Waals surface area (Å²) < 4.78 is 17.1. The first-order chi connectivity index (χ1) is 11.7. The molecule has 2 unspecified atom stereocenters. The van der Waals surface area contributed by atoms with Crippen LogP contribution in [0.3, 0.4) is 0 Å². The molecule has 25 heavy (non-hydrogen) atoms. The molecule has 2 aliphatic rings. The van der Waals surface area contributed by atoms with Crippen molar-refractivity contribution in [2.45, 2.75) is 88.2 Å². The topological polar surface area (TPSA) is 135 Å². The Morgan fingerprint density at radius 3 is 2.28 bits per heavy atom. The highest BCUT2D eigenvalue weighted by Crippen LogP contribution is 2.31. The number of aliphatic hydroxyl groups excluding tert-OH is 4. The van der Waals surface area contributed by atoms with Crippen molar-refractivity contribution < 1.29 is 34.6 Å². The lowest BCUT2D eigenvalue weighted by Crippen LogP contribution is -2.58. The minimum Gasteiger partial charge on any atom is -0.394 e. The van der Waals surface area contributed by atoms with Gasteiger partial charge in [-0.05, 0) is 26.7 Å². The van der Waals surface area contributed by atoms with Crippen molar-refractivity contribution in [3.8, 4) is 0 Å². The Kier molecular flexibility index (Phi) is 6.97. The summed E-state index contributed by atoms with van der Waals surface area (Å²) in [6.45, 7) is 5.26. The maximum Gasteiger partial charge on any atom is 0.163 e. The lowest BCUT2D eigenvalue weighted by molar-refractivity contribution is -0.228. The molecule has 2 aliphatic heterocycles. The summed E-state index contributed by atoms with van der Waals surface area (Å²) in [5.41, 5.74) is 6.19. The van der Waals surface area contributed by atoms with Gasteiger partial charge in [-0.1, -0.05) is 19.1 Å². The summed E-state index contributed by atoms with van der Waals surface area (Å²) in [6.07, 6.45) is -1.39. The van der Waals surface area contributed by atoms with Crippen molar-refractivity contribution in [3.05, 3.63) is 12.2 Å². The van der Waals surface area contributed by atoms with Crippen LogP contribution in [0.15, 0.2) is 12.2 Å². The minimum absolute atomic E-state index is 0.0955. The zero-order chi connectivity index (χ0) is 18.8. The average Bonchev–Trinajstić information content (AvgIpc) is 2.89. The summed E-state index contributed by atoms with van der Waals surface area (Å²) in [6, 6.07) is -0.392. The van der Waals surface area contributed by atoms with Gasteiger partial charge in [0.25, 0.3) is 0 Å². The summed E-state index contributed by atoms with van der Waals surface area (Å²) in [7, 11) is 0. The van der Waals surface area contributed by atoms with Crippen molar-refractivity contribution in [3.63, 3.8) is 0 Å². The summed E-state index contributed by atoms with van der Waals surface area (Å²) >= 11 is 0. The van der Waals surface area contributed by atoms with E-state index in [-0.39, 0.29) is 18.6 Å². The quantitative estimate of drug-likeness (QED) is 0.382. The predicted molar refractivity (Wildman–Crippen MR) is 89.6 cm³/mol. The fraction of sp³-hybridized carbons (Fsp3) is 0.882. The van der Waals surface area contributed by atoms with Crippen LogP contribution in [0.25, 0.3) is 0 Å². The molecule has 0 aromatic heterocycles. The van der Waals surface area contributed by atoms with Gasteiger partial charge in [0, 0.05) is 0 Å². The van der Waals surface area contributed by atoms with Crippen LogP contribution >= 0.6 is 0 Å². The number of hydrogen-bond donors (Lipinski definition) is 5. The van der Waals surface area contributed by atoms with Gasteiger partial charge in [0.05, 0.1) is 24.9 Å². The molecule has 8 atom stereocenters. The molecule has 0 aromatic rings. The molecule has 8 nitrogen and oxygen atoms in total. The van der Waals surface area contributed by atoms with Crippen LogP contribution in [0.5, 0.6) is 0 Å². The molecule has 146 valence electrons. The highest BCUT2D eigenvalue weighted by atomic mass is 16.8. The number of ether oxygens (including phenoxy) is 3. The molecule has 8 heteroatoms. The first-order valence-electron chi connectivity index (χ1n) is 8.78. The molecule has 0 bridgehead atoms. The molecule has 2 saturated heterocycles. The summed E-state index contributed by atoms with van der Waals surface area (Å²) in [4.78, 5) is 0. The molecule has 0 spiro atoms. The van der Waals surface area contributed by atoms with Crippen LogP contribution in [0.4, 0.5) is 0 Å². The Morgan fingerprint density at radius 1 is 1.04 bits per heavy atom. The maximum atomic E-state index is 10.0. The van der Waals surface area contributed by atoms with Crippen molar-refractivity contribution in [2.24, 2.45) is 5.73 Å². The van der Waals surface area contributed by atoms with Crippen molar-refractivity contribution in [2.75, 3.05) is 6.61 Å². The molecule has 6 N–H and O–H groups in total. The molecule has 0 amide bonds. The van der Waals surface area contributed by atoms with E-state index in [1.165, 1.54) is 0 Å². The van der Waals surface area contributed by atoms with Gasteiger partial charge >= 0.3 is 0 Å². The number of aliphatic hydroxyl groups is 4. The molecule has 2 heterocycles. The Balaban J connectivity index is 1.93. The predicted octanol–water partition coefficient (Wildman–Crippen LogP) is -0.967. The highest BCUT2D eigenvalue weighted by Gasteiger charge is 2.44. The fourth-order valence-corrected chi connectivity index (χ4v) is 3.36. The van der Waals surface area contributed by atoms with Gasteiger partial charge in [-0.25, -0.2) is 0 Å². The lowest BCUT2D eigenvalue weighted by atomic mass is 9.93. The Hall–Kier alpha value is -0.580. The van der Waals surface area contributed by atoms with Gasteiger partial charge < -0.3 is 40.4 Å². The minimum atomic E-state index is -1.37. The van der Waals surface area contributed by atoms with Gasteiger partial charge in [-0.3, -0.25) is 0 Å². The van der Waals surface area contributed by atoms with E-state index in [4.69, 9.17) is 19.9 Å². The van der Waals surface area contributed by atoms with E-state index < -0.39 is 49.0 Å². The lowest BCUT2D eigenvalue weighted by Gasteiger charge is -2.39. The first-order valence-corrected chi connectivity index (χ1v) is 8.78. The van der Waals surface area contributed by atoms with Gasteiger partial charge in [0.15, 0.2) is 5.79 Å². The van der Waals surface area contributed by atoms with E-state index in [0.29, 0.717) is 0 Å². The normalized spacial score (nSPS) is 42.8. The van der Waals surface area contributed by atoms with Gasteiger partial charge in [-0.15, -0.1) is 0 Å². The molecule has 2 fully saturated rings. The van der Waals surface area contributed by atoms with Crippen LogP contribution in [-0.4, -0.2) is 81.6 Å². The van der Waals surface area contributed by atoms with Crippen LogP contribution in [-0.2, 0) is 14.2 Å². The molecule has 0 aliphatic carbocycles. The standard InChI is InChI=1S/C17H31NO7/c1-4-10-16(25-17(2,3)24-10)9(18)6-5-7-11-13(20)15(22)14(21)12(8-19)23-11/h5-6,9-16,19-22H,4,7-8,18H2,1-3H3/t9-,10+,11+,12?,13?,14-,15+,16-/m0/s1. The Morgan fingerprint density at radius 2 is 1.68 bits per heavy atom. The fourth-order valence-electron chi connectivity index (χ4n) is 3.36. The van der Waals surface area contributed by atoms with E-state index in [1.54, 1.807) is 12.2 Å². The van der Waals surface area contributed by atoms with Crippen LogP contribution < -0.4 is 5.73 Å². The van der Waals surface area contributed by atoms with Crippen LogP contribution in [0.2, 0.25) is 0 Å². The first kappa shape index (κ1) is 20.7. The highest BCUT2D eigenvalue weighted by molar-refractivity contribution is 5.03. The SMILES string of the molecule is CC[C@H]1OC(C)(C)O[C@H]1[C@@H](N)C=CC[C@H]1OC(CO)[C@H](O)[C@H](O)C1O. The zero-order valence-corrected chi connectivity index (χ0v) is 15.0. The molecular weight excluding hydrogens is 330 g/mol.